The first kappa shape index (κ1) is 49.3. The largest absolute Gasteiger partial charge is 0.550 e. The van der Waals surface area contributed by atoms with Gasteiger partial charge in [-0.1, -0.05) is 130 Å². The lowest BCUT2D eigenvalue weighted by atomic mass is 9.82. The van der Waals surface area contributed by atoms with E-state index in [1.165, 1.54) is 64.5 Å². The standard InChI is InChI=1S/C20H38O7S.2C10H19N2/c1-3-5-7-9-11-13-15-17(18(21)22)20(19(23)24,28(25,26)27)16-14-12-10-8-6-4-2;2*1-3-4-5-6-7-12-9-8-11(2)10-12/h17H,3-16H2,1-2H3,(H,21,22)(H,23,24)(H,25,26,27);2*8-10H,3-7H2,1-2H3/q;2*+1/p-2. The van der Waals surface area contributed by atoms with E-state index in [0.717, 1.165) is 51.4 Å². The molecule has 2 heterocycles. The summed E-state index contributed by atoms with van der Waals surface area (Å²) >= 11 is 0. The SMILES string of the molecule is CCCCCCCCC(C(=O)[O-])C(CCCCCCCC)(C(=O)[O-])S(=O)(=O)O.CCCCCC[n+]1ccn(C)c1.CCCCCC[n+]1ccn(C)c1. The Labute approximate surface area is 316 Å². The number of aryl methyl sites for hydroxylation is 4. The Morgan fingerprint density at radius 2 is 1.00 bits per heavy atom. The highest BCUT2D eigenvalue weighted by Gasteiger charge is 2.51. The van der Waals surface area contributed by atoms with Crippen LogP contribution in [0, 0.1) is 5.92 Å². The third-order valence-corrected chi connectivity index (χ3v) is 11.2. The van der Waals surface area contributed by atoms with Gasteiger partial charge in [0.25, 0.3) is 10.1 Å². The zero-order chi connectivity index (χ0) is 39.3. The van der Waals surface area contributed by atoms with Crippen molar-refractivity contribution in [2.45, 2.75) is 187 Å². The number of hydrogen-bond donors (Lipinski definition) is 1. The van der Waals surface area contributed by atoms with Crippen molar-refractivity contribution in [3.63, 3.8) is 0 Å². The van der Waals surface area contributed by atoms with Gasteiger partial charge in [-0.15, -0.1) is 0 Å². The van der Waals surface area contributed by atoms with Gasteiger partial charge in [0.2, 0.25) is 12.7 Å². The molecule has 2 aromatic heterocycles. The van der Waals surface area contributed by atoms with Crippen molar-refractivity contribution >= 4 is 22.1 Å². The topological polar surface area (TPSA) is 152 Å². The maximum absolute atomic E-state index is 12.0. The first-order valence-corrected chi connectivity index (χ1v) is 21.7. The fourth-order valence-corrected chi connectivity index (χ4v) is 7.57. The van der Waals surface area contributed by atoms with Crippen molar-refractivity contribution in [1.29, 1.82) is 0 Å². The van der Waals surface area contributed by atoms with Crippen LogP contribution in [0.3, 0.4) is 0 Å². The van der Waals surface area contributed by atoms with Crippen molar-refractivity contribution in [2.24, 2.45) is 20.0 Å². The molecule has 0 bridgehead atoms. The van der Waals surface area contributed by atoms with Gasteiger partial charge in [0.1, 0.15) is 29.5 Å². The van der Waals surface area contributed by atoms with Gasteiger partial charge in [-0.3, -0.25) is 4.55 Å². The van der Waals surface area contributed by atoms with E-state index in [9.17, 15) is 32.8 Å². The van der Waals surface area contributed by atoms with Gasteiger partial charge < -0.3 is 19.8 Å². The van der Waals surface area contributed by atoms with E-state index in [1.54, 1.807) is 0 Å². The van der Waals surface area contributed by atoms with Crippen LogP contribution in [0.2, 0.25) is 0 Å². The summed E-state index contributed by atoms with van der Waals surface area (Å²) in [5, 5.41) is 23.5. The number of carboxylic acids is 2. The van der Waals surface area contributed by atoms with Crippen LogP contribution in [0.5, 0.6) is 0 Å². The molecular formula is C40H74N4O7S. The second-order valence-electron chi connectivity index (χ2n) is 14.4. The molecule has 0 aliphatic carbocycles. The van der Waals surface area contributed by atoms with Crippen LogP contribution < -0.4 is 19.3 Å². The predicted molar refractivity (Wildman–Crippen MR) is 203 cm³/mol. The Balaban J connectivity index is 0.000000880. The second-order valence-corrected chi connectivity index (χ2v) is 16.0. The Bertz CT molecular complexity index is 1250. The van der Waals surface area contributed by atoms with Crippen LogP contribution in [0.1, 0.15) is 169 Å². The maximum Gasteiger partial charge on any atom is 0.276 e. The van der Waals surface area contributed by atoms with E-state index in [4.69, 9.17) is 0 Å². The van der Waals surface area contributed by atoms with Crippen molar-refractivity contribution in [3.05, 3.63) is 37.4 Å². The van der Waals surface area contributed by atoms with E-state index in [2.05, 4.69) is 90.6 Å². The summed E-state index contributed by atoms with van der Waals surface area (Å²) in [6.07, 6.45) is 32.2. The van der Waals surface area contributed by atoms with Crippen molar-refractivity contribution in [3.8, 4) is 0 Å². The fraction of sp³-hybridized carbons (Fsp3) is 0.800. The lowest BCUT2D eigenvalue weighted by molar-refractivity contribution is -0.697. The number of carboxylic acid groups (broad SMARTS) is 2. The molecule has 11 nitrogen and oxygen atoms in total. The minimum Gasteiger partial charge on any atom is -0.550 e. The number of rotatable bonds is 28. The van der Waals surface area contributed by atoms with Crippen LogP contribution in [-0.4, -0.2) is 38.8 Å². The average molecular weight is 755 g/mol. The summed E-state index contributed by atoms with van der Waals surface area (Å²) in [5.74, 6) is -5.68. The Hall–Kier alpha value is -2.73. The highest BCUT2D eigenvalue weighted by atomic mass is 32.2. The quantitative estimate of drug-likeness (QED) is 0.0634. The zero-order valence-electron chi connectivity index (χ0n) is 33.6. The first-order valence-electron chi connectivity index (χ1n) is 20.2. The van der Waals surface area contributed by atoms with Gasteiger partial charge in [-0.25, -0.2) is 18.3 Å². The minimum atomic E-state index is -5.20. The molecule has 2 unspecified atom stereocenters. The van der Waals surface area contributed by atoms with Crippen LogP contribution in [-0.2, 0) is 46.9 Å². The summed E-state index contributed by atoms with van der Waals surface area (Å²) in [5.41, 5.74) is 0. The van der Waals surface area contributed by atoms with Crippen LogP contribution in [0.25, 0.3) is 0 Å². The summed E-state index contributed by atoms with van der Waals surface area (Å²) in [7, 11) is -1.09. The molecule has 0 radical (unpaired) electrons. The van der Waals surface area contributed by atoms with Gasteiger partial charge >= 0.3 is 0 Å². The maximum atomic E-state index is 12.0. The molecule has 302 valence electrons. The molecule has 0 aromatic carbocycles. The number of carbonyl (C=O) groups is 2. The van der Waals surface area contributed by atoms with E-state index in [0.29, 0.717) is 19.3 Å². The Morgan fingerprint density at radius 1 is 0.635 bits per heavy atom. The van der Waals surface area contributed by atoms with E-state index >= 15 is 0 Å². The molecule has 1 N–H and O–H groups in total. The number of imidazole rings is 2. The fourth-order valence-electron chi connectivity index (χ4n) is 6.38. The van der Waals surface area contributed by atoms with Crippen LogP contribution in [0.15, 0.2) is 37.4 Å². The van der Waals surface area contributed by atoms with Crippen molar-refractivity contribution < 1.29 is 41.9 Å². The molecule has 0 aliphatic rings. The highest BCUT2D eigenvalue weighted by molar-refractivity contribution is 7.88. The van der Waals surface area contributed by atoms with Gasteiger partial charge in [-0.2, -0.15) is 8.42 Å². The number of aromatic nitrogens is 4. The normalized spacial score (nSPS) is 13.0. The molecular weight excluding hydrogens is 681 g/mol. The average Bonchev–Trinajstić information content (AvgIpc) is 3.71. The summed E-state index contributed by atoms with van der Waals surface area (Å²) in [6, 6.07) is 0. The third kappa shape index (κ3) is 21.1. The molecule has 52 heavy (non-hydrogen) atoms. The van der Waals surface area contributed by atoms with Crippen LogP contribution >= 0.6 is 0 Å². The molecule has 2 aromatic rings. The van der Waals surface area contributed by atoms with E-state index in [1.807, 2.05) is 6.92 Å². The molecule has 2 rings (SSSR count). The predicted octanol–water partition coefficient (Wildman–Crippen LogP) is 6.02. The summed E-state index contributed by atoms with van der Waals surface area (Å²) < 4.78 is 39.5. The van der Waals surface area contributed by atoms with Gasteiger partial charge in [0, 0.05) is 11.9 Å². The molecule has 0 saturated heterocycles. The third-order valence-electron chi connectivity index (χ3n) is 9.59. The Morgan fingerprint density at radius 3 is 1.33 bits per heavy atom. The van der Waals surface area contributed by atoms with Gasteiger partial charge in [0.15, 0.2) is 0 Å². The van der Waals surface area contributed by atoms with Crippen molar-refractivity contribution in [2.75, 3.05) is 0 Å². The highest BCUT2D eigenvalue weighted by Crippen LogP contribution is 2.35. The zero-order valence-corrected chi connectivity index (χ0v) is 34.4. The number of unbranched alkanes of at least 4 members (excludes halogenated alkanes) is 16. The van der Waals surface area contributed by atoms with E-state index < -0.39 is 39.1 Å². The summed E-state index contributed by atoms with van der Waals surface area (Å²) in [4.78, 5) is 23.5. The number of hydrogen-bond acceptors (Lipinski definition) is 6. The first-order chi connectivity index (χ1) is 24.8. The van der Waals surface area contributed by atoms with Crippen LogP contribution in [0.4, 0.5) is 0 Å². The smallest absolute Gasteiger partial charge is 0.276 e. The second kappa shape index (κ2) is 29.7. The van der Waals surface area contributed by atoms with Crippen molar-refractivity contribution in [1.82, 2.24) is 9.13 Å². The van der Waals surface area contributed by atoms with E-state index in [-0.39, 0.29) is 12.8 Å². The molecule has 0 fully saturated rings. The molecule has 0 amide bonds. The molecule has 12 heteroatoms. The number of nitrogens with zero attached hydrogens (tertiary/aromatic N) is 4. The summed E-state index contributed by atoms with van der Waals surface area (Å²) in [6.45, 7) is 10.9. The number of aliphatic carboxylic acids is 2. The molecule has 0 saturated carbocycles. The lowest BCUT2D eigenvalue weighted by Crippen LogP contribution is -2.62. The number of carbonyl (C=O) groups excluding carboxylic acids is 2. The Kier molecular flexibility index (Phi) is 28.1. The monoisotopic (exact) mass is 755 g/mol. The lowest BCUT2D eigenvalue weighted by Gasteiger charge is -2.39. The molecule has 2 atom stereocenters. The minimum absolute atomic E-state index is 0.178. The van der Waals surface area contributed by atoms with Gasteiger partial charge in [0.05, 0.1) is 33.2 Å². The molecule has 0 spiro atoms. The van der Waals surface area contributed by atoms with Gasteiger partial charge in [-0.05, 0) is 38.5 Å². The molecule has 0 aliphatic heterocycles.